The minimum Gasteiger partial charge on any atom is -0.382 e. The van der Waals surface area contributed by atoms with Gasteiger partial charge in [-0.2, -0.15) is 0 Å². The minimum atomic E-state index is -0.729. The molecule has 0 spiro atoms. The lowest BCUT2D eigenvalue weighted by molar-refractivity contribution is 0.0997. The van der Waals surface area contributed by atoms with Gasteiger partial charge >= 0.3 is 0 Å². The van der Waals surface area contributed by atoms with Crippen LogP contribution >= 0.6 is 11.9 Å². The molecule has 1 aromatic heterocycles. The van der Waals surface area contributed by atoms with Crippen molar-refractivity contribution >= 4 is 34.4 Å². The summed E-state index contributed by atoms with van der Waals surface area (Å²) in [5.74, 6) is -0.255. The first-order valence-electron chi connectivity index (χ1n) is 11.5. The van der Waals surface area contributed by atoms with E-state index >= 15 is 4.39 Å². The lowest BCUT2D eigenvalue weighted by Gasteiger charge is -2.31. The molecule has 0 atom stereocenters. The molecule has 0 unspecified atom stereocenters. The van der Waals surface area contributed by atoms with E-state index in [9.17, 15) is 4.79 Å². The molecule has 1 saturated carbocycles. The number of nitrogens with two attached hydrogens (primary N) is 1. The van der Waals surface area contributed by atoms with Crippen molar-refractivity contribution in [3.05, 3.63) is 53.5 Å². The van der Waals surface area contributed by atoms with Crippen LogP contribution < -0.4 is 11.1 Å². The third-order valence-electron chi connectivity index (χ3n) is 6.75. The van der Waals surface area contributed by atoms with Crippen molar-refractivity contribution in [2.45, 2.75) is 58.4 Å². The molecular formula is C26H30FN3OS. The molecule has 2 aromatic carbocycles. The number of halogens is 1. The van der Waals surface area contributed by atoms with Crippen molar-refractivity contribution in [2.75, 3.05) is 11.1 Å². The van der Waals surface area contributed by atoms with Crippen LogP contribution in [0.25, 0.3) is 22.0 Å². The standard InChI is InChI=1S/C26H30FN3OS/c1-26(2)14-22-23(18-10-6-7-11-21(18)30(22)32-15-26)16-12-19(27)24(25(28)31)20(13-16)29-17-8-4-3-5-9-17/h6-7,10-13,17,29H,3-5,8-9,14-15H2,1-2H3,(H2,28,31). The van der Waals surface area contributed by atoms with Crippen LogP contribution in [0.1, 0.15) is 62.0 Å². The summed E-state index contributed by atoms with van der Waals surface area (Å²) >= 11 is 1.82. The molecule has 2 heterocycles. The van der Waals surface area contributed by atoms with Crippen LogP contribution in [0, 0.1) is 11.2 Å². The summed E-state index contributed by atoms with van der Waals surface area (Å²) < 4.78 is 17.6. The monoisotopic (exact) mass is 451 g/mol. The highest BCUT2D eigenvalue weighted by atomic mass is 32.2. The Morgan fingerprint density at radius 3 is 2.69 bits per heavy atom. The number of amides is 1. The van der Waals surface area contributed by atoms with Gasteiger partial charge in [0.2, 0.25) is 0 Å². The largest absolute Gasteiger partial charge is 0.382 e. The number of rotatable bonds is 4. The summed E-state index contributed by atoms with van der Waals surface area (Å²) in [7, 11) is 0. The number of nitrogens with one attached hydrogen (secondary N) is 1. The van der Waals surface area contributed by atoms with Crippen LogP contribution in [-0.2, 0) is 6.42 Å². The van der Waals surface area contributed by atoms with Gasteiger partial charge in [0.15, 0.2) is 0 Å². The number of hydrogen-bond donors (Lipinski definition) is 2. The summed E-state index contributed by atoms with van der Waals surface area (Å²) in [5, 5.41) is 4.58. The second-order valence-electron chi connectivity index (χ2n) is 9.97. The van der Waals surface area contributed by atoms with E-state index in [-0.39, 0.29) is 17.0 Å². The van der Waals surface area contributed by atoms with Crippen LogP contribution in [0.15, 0.2) is 36.4 Å². The van der Waals surface area contributed by atoms with Crippen LogP contribution in [-0.4, -0.2) is 21.7 Å². The number of carbonyl (C=O) groups is 1. The molecule has 32 heavy (non-hydrogen) atoms. The third kappa shape index (κ3) is 3.79. The molecule has 1 fully saturated rings. The first-order valence-corrected chi connectivity index (χ1v) is 12.4. The summed E-state index contributed by atoms with van der Waals surface area (Å²) in [6.45, 7) is 4.55. The van der Waals surface area contributed by atoms with Gasteiger partial charge < -0.3 is 11.1 Å². The SMILES string of the molecule is CC1(C)CSn2c(c(-c3cc(F)c(C(N)=O)c(NC4CCCCC4)c3)c3ccccc32)C1. The van der Waals surface area contributed by atoms with E-state index in [1.807, 2.05) is 30.1 Å². The van der Waals surface area contributed by atoms with Gasteiger partial charge in [-0.15, -0.1) is 0 Å². The average Bonchev–Trinajstić information content (AvgIpc) is 3.06. The lowest BCUT2D eigenvalue weighted by Crippen LogP contribution is -2.26. The average molecular weight is 452 g/mol. The van der Waals surface area contributed by atoms with E-state index < -0.39 is 11.7 Å². The maximum absolute atomic E-state index is 15.3. The van der Waals surface area contributed by atoms with Gasteiger partial charge in [0, 0.05) is 28.4 Å². The molecule has 3 aromatic rings. The number of benzene rings is 2. The Kier molecular flexibility index (Phi) is 5.44. The van der Waals surface area contributed by atoms with E-state index in [0.717, 1.165) is 59.9 Å². The van der Waals surface area contributed by atoms with Crippen molar-refractivity contribution in [3.8, 4) is 11.1 Å². The van der Waals surface area contributed by atoms with Gasteiger partial charge in [0.25, 0.3) is 5.91 Å². The predicted molar refractivity (Wildman–Crippen MR) is 132 cm³/mol. The summed E-state index contributed by atoms with van der Waals surface area (Å²) in [6, 6.07) is 12.0. The fraction of sp³-hybridized carbons (Fsp3) is 0.423. The Morgan fingerprint density at radius 1 is 1.19 bits per heavy atom. The highest BCUT2D eigenvalue weighted by Gasteiger charge is 2.32. The molecule has 0 radical (unpaired) electrons. The first kappa shape index (κ1) is 21.4. The molecule has 5 rings (SSSR count). The molecule has 4 nitrogen and oxygen atoms in total. The predicted octanol–water partition coefficient (Wildman–Crippen LogP) is 6.37. The molecular weight excluding hydrogens is 421 g/mol. The lowest BCUT2D eigenvalue weighted by atomic mass is 9.87. The number of carbonyl (C=O) groups excluding carboxylic acids is 1. The van der Waals surface area contributed by atoms with E-state index in [2.05, 4.69) is 35.3 Å². The van der Waals surface area contributed by atoms with Gasteiger partial charge in [-0.25, -0.2) is 4.39 Å². The second kappa shape index (κ2) is 8.14. The minimum absolute atomic E-state index is 0.0357. The summed E-state index contributed by atoms with van der Waals surface area (Å²) in [5.41, 5.74) is 10.5. The molecule has 1 amide bonds. The van der Waals surface area contributed by atoms with Crippen molar-refractivity contribution in [1.29, 1.82) is 0 Å². The van der Waals surface area contributed by atoms with Crippen LogP contribution in [0.5, 0.6) is 0 Å². The summed E-state index contributed by atoms with van der Waals surface area (Å²) in [4.78, 5) is 12.1. The van der Waals surface area contributed by atoms with Gasteiger partial charge in [0.1, 0.15) is 5.82 Å². The van der Waals surface area contributed by atoms with Crippen molar-refractivity contribution in [3.63, 3.8) is 0 Å². The zero-order valence-electron chi connectivity index (χ0n) is 18.7. The fourth-order valence-electron chi connectivity index (χ4n) is 5.22. The Balaban J connectivity index is 1.69. The normalized spacial score (nSPS) is 18.5. The zero-order valence-corrected chi connectivity index (χ0v) is 19.5. The van der Waals surface area contributed by atoms with E-state index in [1.54, 1.807) is 0 Å². The number of primary amides is 1. The second-order valence-corrected chi connectivity index (χ2v) is 10.9. The van der Waals surface area contributed by atoms with Crippen LogP contribution in [0.4, 0.5) is 10.1 Å². The Labute approximate surface area is 192 Å². The van der Waals surface area contributed by atoms with Crippen molar-refractivity contribution in [1.82, 2.24) is 3.97 Å². The van der Waals surface area contributed by atoms with E-state index in [1.165, 1.54) is 18.2 Å². The quantitative estimate of drug-likeness (QED) is 0.484. The Bertz CT molecular complexity index is 1190. The molecule has 6 heteroatoms. The number of anilines is 1. The summed E-state index contributed by atoms with van der Waals surface area (Å²) in [6.07, 6.45) is 6.49. The number of aromatic nitrogens is 1. The fourth-order valence-corrected chi connectivity index (χ4v) is 6.41. The smallest absolute Gasteiger partial charge is 0.253 e. The Morgan fingerprint density at radius 2 is 1.94 bits per heavy atom. The molecule has 168 valence electrons. The van der Waals surface area contributed by atoms with E-state index in [4.69, 9.17) is 5.73 Å². The number of fused-ring (bicyclic) bond motifs is 3. The highest BCUT2D eigenvalue weighted by Crippen LogP contribution is 2.45. The Hall–Kier alpha value is -2.47. The number of hydrogen-bond acceptors (Lipinski definition) is 3. The molecule has 3 N–H and O–H groups in total. The maximum atomic E-state index is 15.3. The maximum Gasteiger partial charge on any atom is 0.253 e. The first-order chi connectivity index (χ1) is 15.3. The third-order valence-corrected chi connectivity index (χ3v) is 8.33. The molecule has 1 aliphatic heterocycles. The van der Waals surface area contributed by atoms with Crippen molar-refractivity contribution in [2.24, 2.45) is 11.1 Å². The molecule has 2 aliphatic rings. The van der Waals surface area contributed by atoms with Gasteiger partial charge in [-0.3, -0.25) is 8.77 Å². The highest BCUT2D eigenvalue weighted by molar-refractivity contribution is 7.98. The van der Waals surface area contributed by atoms with Gasteiger partial charge in [0.05, 0.1) is 16.8 Å². The van der Waals surface area contributed by atoms with Crippen LogP contribution in [0.2, 0.25) is 0 Å². The molecule has 0 saturated heterocycles. The number of nitrogens with zero attached hydrogens (tertiary/aromatic N) is 1. The number of para-hydroxylation sites is 1. The topological polar surface area (TPSA) is 60.0 Å². The van der Waals surface area contributed by atoms with Crippen LogP contribution in [0.3, 0.4) is 0 Å². The van der Waals surface area contributed by atoms with Gasteiger partial charge in [-0.1, -0.05) is 51.3 Å². The molecule has 0 bridgehead atoms. The van der Waals surface area contributed by atoms with Crippen molar-refractivity contribution < 1.29 is 9.18 Å². The molecule has 1 aliphatic carbocycles. The van der Waals surface area contributed by atoms with Gasteiger partial charge in [-0.05, 0) is 60.4 Å². The van der Waals surface area contributed by atoms with E-state index in [0.29, 0.717) is 5.69 Å². The zero-order chi connectivity index (χ0) is 22.5.